The average Bonchev–Trinajstić information content (AvgIpc) is 2.32. The van der Waals surface area contributed by atoms with Crippen molar-refractivity contribution in [3.63, 3.8) is 0 Å². The SMILES string of the molecule is Cc1cc(OCCCOC(N)=O)c(C(N)=O)cc1N. The minimum atomic E-state index is -0.832. The first-order valence-electron chi connectivity index (χ1n) is 5.66. The predicted octanol–water partition coefficient (Wildman–Crippen LogP) is 0.540. The lowest BCUT2D eigenvalue weighted by atomic mass is 10.1. The van der Waals surface area contributed by atoms with Crippen molar-refractivity contribution in [3.05, 3.63) is 23.3 Å². The Morgan fingerprint density at radius 1 is 1.21 bits per heavy atom. The highest BCUT2D eigenvalue weighted by Gasteiger charge is 2.12. The van der Waals surface area contributed by atoms with E-state index >= 15 is 0 Å². The van der Waals surface area contributed by atoms with E-state index in [9.17, 15) is 9.59 Å². The third-order valence-corrected chi connectivity index (χ3v) is 2.42. The molecule has 1 aromatic rings. The maximum absolute atomic E-state index is 11.3. The fraction of sp³-hybridized carbons (Fsp3) is 0.333. The lowest BCUT2D eigenvalue weighted by molar-refractivity contribution is 0.0996. The van der Waals surface area contributed by atoms with Crippen molar-refractivity contribution in [2.45, 2.75) is 13.3 Å². The van der Waals surface area contributed by atoms with Crippen LogP contribution in [-0.4, -0.2) is 25.2 Å². The Morgan fingerprint density at radius 3 is 2.47 bits per heavy atom. The van der Waals surface area contributed by atoms with Gasteiger partial charge in [0.2, 0.25) is 0 Å². The number of carbonyl (C=O) groups is 2. The molecular weight excluding hydrogens is 250 g/mol. The molecule has 19 heavy (non-hydrogen) atoms. The summed E-state index contributed by atoms with van der Waals surface area (Å²) in [7, 11) is 0. The van der Waals surface area contributed by atoms with Crippen molar-refractivity contribution in [1.82, 2.24) is 0 Å². The first kappa shape index (κ1) is 14.6. The topological polar surface area (TPSA) is 131 Å². The monoisotopic (exact) mass is 267 g/mol. The Morgan fingerprint density at radius 2 is 1.89 bits per heavy atom. The van der Waals surface area contributed by atoms with Gasteiger partial charge in [-0.15, -0.1) is 0 Å². The summed E-state index contributed by atoms with van der Waals surface area (Å²) in [6.07, 6.45) is -0.383. The Hall–Kier alpha value is -2.44. The molecule has 6 N–H and O–H groups in total. The van der Waals surface area contributed by atoms with Crippen molar-refractivity contribution in [1.29, 1.82) is 0 Å². The van der Waals surface area contributed by atoms with Crippen molar-refractivity contribution >= 4 is 17.7 Å². The maximum atomic E-state index is 11.3. The summed E-state index contributed by atoms with van der Waals surface area (Å²) in [5, 5.41) is 0. The minimum Gasteiger partial charge on any atom is -0.493 e. The van der Waals surface area contributed by atoms with Crippen LogP contribution in [0.25, 0.3) is 0 Å². The van der Waals surface area contributed by atoms with Gasteiger partial charge in [0.05, 0.1) is 18.8 Å². The summed E-state index contributed by atoms with van der Waals surface area (Å²) in [6.45, 7) is 2.20. The van der Waals surface area contributed by atoms with E-state index in [1.807, 2.05) is 0 Å². The molecule has 0 aromatic heterocycles. The van der Waals surface area contributed by atoms with Crippen LogP contribution < -0.4 is 21.9 Å². The molecule has 2 amide bonds. The zero-order valence-corrected chi connectivity index (χ0v) is 10.6. The highest BCUT2D eigenvalue weighted by molar-refractivity contribution is 5.96. The first-order chi connectivity index (χ1) is 8.91. The zero-order valence-electron chi connectivity index (χ0n) is 10.6. The lowest BCUT2D eigenvalue weighted by Gasteiger charge is -2.12. The molecule has 0 fully saturated rings. The molecule has 0 heterocycles. The second-order valence-electron chi connectivity index (χ2n) is 3.94. The summed E-state index contributed by atoms with van der Waals surface area (Å²) in [4.78, 5) is 21.6. The van der Waals surface area contributed by atoms with Crippen molar-refractivity contribution in [3.8, 4) is 5.75 Å². The van der Waals surface area contributed by atoms with Gasteiger partial charge in [-0.3, -0.25) is 4.79 Å². The summed E-state index contributed by atoms with van der Waals surface area (Å²) in [5.74, 6) is -0.256. The number of primary amides is 2. The largest absolute Gasteiger partial charge is 0.493 e. The number of carbonyl (C=O) groups excluding carboxylic acids is 2. The van der Waals surface area contributed by atoms with Crippen LogP contribution in [0.5, 0.6) is 5.75 Å². The van der Waals surface area contributed by atoms with Gasteiger partial charge in [0.1, 0.15) is 5.75 Å². The molecule has 0 atom stereocenters. The van der Waals surface area contributed by atoms with Crippen molar-refractivity contribution in [2.75, 3.05) is 18.9 Å². The average molecular weight is 267 g/mol. The number of hydrogen-bond acceptors (Lipinski definition) is 5. The quantitative estimate of drug-likeness (QED) is 0.511. The summed E-state index contributed by atoms with van der Waals surface area (Å²) >= 11 is 0. The Labute approximate surface area is 110 Å². The van der Waals surface area contributed by atoms with Gasteiger partial charge in [-0.2, -0.15) is 0 Å². The molecule has 1 aromatic carbocycles. The minimum absolute atomic E-state index is 0.148. The number of ether oxygens (including phenoxy) is 2. The van der Waals surface area contributed by atoms with Crippen LogP contribution in [0.15, 0.2) is 12.1 Å². The van der Waals surface area contributed by atoms with Crippen LogP contribution in [0, 0.1) is 6.92 Å². The molecule has 0 aliphatic carbocycles. The van der Waals surface area contributed by atoms with Crippen LogP contribution >= 0.6 is 0 Å². The molecular formula is C12H17N3O4. The number of anilines is 1. The van der Waals surface area contributed by atoms with E-state index in [-0.39, 0.29) is 18.8 Å². The van der Waals surface area contributed by atoms with Gasteiger partial charge in [-0.05, 0) is 24.6 Å². The molecule has 1 rings (SSSR count). The molecule has 0 saturated carbocycles. The fourth-order valence-corrected chi connectivity index (χ4v) is 1.42. The van der Waals surface area contributed by atoms with Crippen LogP contribution in [0.3, 0.4) is 0 Å². The second-order valence-corrected chi connectivity index (χ2v) is 3.94. The number of benzene rings is 1. The lowest BCUT2D eigenvalue weighted by Crippen LogP contribution is -2.16. The second kappa shape index (κ2) is 6.48. The molecule has 104 valence electrons. The van der Waals surface area contributed by atoms with Gasteiger partial charge in [0.15, 0.2) is 0 Å². The Bertz CT molecular complexity index is 488. The molecule has 7 heteroatoms. The van der Waals surface area contributed by atoms with E-state index in [1.54, 1.807) is 13.0 Å². The smallest absolute Gasteiger partial charge is 0.404 e. The maximum Gasteiger partial charge on any atom is 0.404 e. The molecule has 0 bridgehead atoms. The Balaban J connectivity index is 2.64. The normalized spacial score (nSPS) is 9.95. The number of amides is 2. The molecule has 0 aliphatic rings. The fourth-order valence-electron chi connectivity index (χ4n) is 1.42. The van der Waals surface area contributed by atoms with Gasteiger partial charge < -0.3 is 26.7 Å². The van der Waals surface area contributed by atoms with Gasteiger partial charge in [0.25, 0.3) is 5.91 Å². The number of aryl methyl sites for hydroxylation is 1. The highest BCUT2D eigenvalue weighted by Crippen LogP contribution is 2.24. The predicted molar refractivity (Wildman–Crippen MR) is 69.8 cm³/mol. The van der Waals surface area contributed by atoms with E-state index in [1.165, 1.54) is 6.07 Å². The van der Waals surface area contributed by atoms with E-state index < -0.39 is 12.0 Å². The molecule has 0 aliphatic heterocycles. The van der Waals surface area contributed by atoms with E-state index in [2.05, 4.69) is 4.74 Å². The van der Waals surface area contributed by atoms with Crippen LogP contribution in [0.1, 0.15) is 22.3 Å². The van der Waals surface area contributed by atoms with Crippen LogP contribution in [0.4, 0.5) is 10.5 Å². The molecule has 0 spiro atoms. The van der Waals surface area contributed by atoms with E-state index in [0.29, 0.717) is 17.9 Å². The third kappa shape index (κ3) is 4.38. The molecule has 0 radical (unpaired) electrons. The number of rotatable bonds is 6. The van der Waals surface area contributed by atoms with E-state index in [4.69, 9.17) is 21.9 Å². The standard InChI is InChI=1S/C12H17N3O4/c1-7-5-10(8(11(14)16)6-9(7)13)18-3-2-4-19-12(15)17/h5-6H,2-4,13H2,1H3,(H2,14,16)(H2,15,17). The summed E-state index contributed by atoms with van der Waals surface area (Å²) in [6, 6.07) is 3.12. The number of nitrogen functional groups attached to an aromatic ring is 1. The summed E-state index contributed by atoms with van der Waals surface area (Å²) in [5.41, 5.74) is 17.2. The van der Waals surface area contributed by atoms with Crippen LogP contribution in [0.2, 0.25) is 0 Å². The number of nitrogens with two attached hydrogens (primary N) is 3. The van der Waals surface area contributed by atoms with Gasteiger partial charge in [-0.25, -0.2) is 4.79 Å². The summed E-state index contributed by atoms with van der Waals surface area (Å²) < 4.78 is 9.98. The number of hydrogen-bond donors (Lipinski definition) is 3. The molecule has 0 saturated heterocycles. The van der Waals surface area contributed by atoms with Crippen molar-refractivity contribution in [2.24, 2.45) is 11.5 Å². The van der Waals surface area contributed by atoms with Gasteiger partial charge in [0, 0.05) is 12.1 Å². The molecule has 0 unspecified atom stereocenters. The van der Waals surface area contributed by atoms with Gasteiger partial charge >= 0.3 is 6.09 Å². The Kier molecular flexibility index (Phi) is 4.99. The van der Waals surface area contributed by atoms with E-state index in [0.717, 1.165) is 5.56 Å². The third-order valence-electron chi connectivity index (χ3n) is 2.42. The molecule has 7 nitrogen and oxygen atoms in total. The van der Waals surface area contributed by atoms with Crippen LogP contribution in [-0.2, 0) is 4.74 Å². The highest BCUT2D eigenvalue weighted by atomic mass is 16.5. The zero-order chi connectivity index (χ0) is 14.4. The van der Waals surface area contributed by atoms with Crippen molar-refractivity contribution < 1.29 is 19.1 Å². The van der Waals surface area contributed by atoms with Gasteiger partial charge in [-0.1, -0.05) is 0 Å². The first-order valence-corrected chi connectivity index (χ1v) is 5.66.